The van der Waals surface area contributed by atoms with Gasteiger partial charge >= 0.3 is 0 Å². The normalized spacial score (nSPS) is 22.7. The van der Waals surface area contributed by atoms with E-state index in [9.17, 15) is 0 Å². The Morgan fingerprint density at radius 3 is 2.22 bits per heavy atom. The molecule has 0 N–H and O–H groups in total. The van der Waals surface area contributed by atoms with Crippen molar-refractivity contribution < 1.29 is 4.58 Å². The number of anilines is 1. The van der Waals surface area contributed by atoms with Crippen LogP contribution < -0.4 is 4.90 Å². The molecule has 1 aliphatic carbocycles. The van der Waals surface area contributed by atoms with Gasteiger partial charge in [0, 0.05) is 46.6 Å². The van der Waals surface area contributed by atoms with E-state index in [1.165, 1.54) is 45.1 Å². The average molecular weight is 496 g/mol. The first-order chi connectivity index (χ1) is 17.1. The molecule has 0 bridgehead atoms. The Kier molecular flexibility index (Phi) is 6.21. The van der Waals surface area contributed by atoms with Gasteiger partial charge in [-0.05, 0) is 55.5 Å². The average Bonchev–Trinajstić information content (AvgIpc) is 3.38. The third-order valence-corrected chi connectivity index (χ3v) is 8.70. The van der Waals surface area contributed by atoms with Crippen LogP contribution in [0.4, 0.5) is 11.4 Å². The van der Waals surface area contributed by atoms with Crippen LogP contribution in [0.5, 0.6) is 0 Å². The number of fused-ring (bicyclic) bond motifs is 2. The van der Waals surface area contributed by atoms with Crippen LogP contribution in [-0.4, -0.2) is 24.4 Å². The molecular formula is C33H36ClN2+. The van der Waals surface area contributed by atoms with Crippen molar-refractivity contribution in [2.45, 2.75) is 51.4 Å². The summed E-state index contributed by atoms with van der Waals surface area (Å²) in [5.41, 5.74) is 10.3. The Morgan fingerprint density at radius 2 is 1.50 bits per heavy atom. The molecule has 0 atom stereocenters. The largest absolute Gasteiger partial charge is 0.347 e. The molecule has 2 aromatic carbocycles. The van der Waals surface area contributed by atoms with Gasteiger partial charge in [0.1, 0.15) is 7.05 Å². The zero-order valence-corrected chi connectivity index (χ0v) is 23.0. The number of nitrogens with zero attached hydrogens (tertiary/aromatic N) is 2. The maximum atomic E-state index is 6.84. The highest BCUT2D eigenvalue weighted by atomic mass is 35.5. The summed E-state index contributed by atoms with van der Waals surface area (Å²) < 4.78 is 2.31. The fraction of sp³-hybridized carbons (Fsp3) is 0.303. The summed E-state index contributed by atoms with van der Waals surface area (Å²) in [5.74, 6) is 0. The van der Waals surface area contributed by atoms with Crippen molar-refractivity contribution in [3.05, 3.63) is 118 Å². The van der Waals surface area contributed by atoms with Gasteiger partial charge in [0.2, 0.25) is 5.69 Å². The third-order valence-electron chi connectivity index (χ3n) is 8.21. The van der Waals surface area contributed by atoms with Crippen LogP contribution in [-0.2, 0) is 10.8 Å². The number of hydrogen-bond donors (Lipinski definition) is 0. The lowest BCUT2D eigenvalue weighted by Crippen LogP contribution is -2.26. The second-order valence-electron chi connectivity index (χ2n) is 11.1. The number of allylic oxidation sites excluding steroid dienone is 10. The van der Waals surface area contributed by atoms with Gasteiger partial charge in [-0.15, -0.1) is 0 Å². The molecule has 0 fully saturated rings. The summed E-state index contributed by atoms with van der Waals surface area (Å²) >= 11 is 6.84. The Morgan fingerprint density at radius 1 is 0.833 bits per heavy atom. The molecular weight excluding hydrogens is 460 g/mol. The first-order valence-corrected chi connectivity index (χ1v) is 13.2. The van der Waals surface area contributed by atoms with Crippen molar-refractivity contribution in [1.29, 1.82) is 0 Å². The standard InChI is InChI=1S/C33H36ClN2/c1-32(2)25-14-8-10-16-27(25)35(5)29(32)18-12-7-13-23-19-20-24(31(23)34)21-22-30-33(3,4)26-15-9-11-17-28(26)36(30)6/h7-18,21-22H,19-20H2,1-6H3/q+1. The van der Waals surface area contributed by atoms with Crippen molar-refractivity contribution in [3.8, 4) is 0 Å². The molecule has 36 heavy (non-hydrogen) atoms. The van der Waals surface area contributed by atoms with Gasteiger partial charge < -0.3 is 4.90 Å². The minimum atomic E-state index is -0.0246. The predicted octanol–water partition coefficient (Wildman–Crippen LogP) is 8.33. The Bertz CT molecular complexity index is 1410. The van der Waals surface area contributed by atoms with E-state index in [1.807, 2.05) is 0 Å². The molecule has 2 aromatic rings. The number of benzene rings is 2. The smallest absolute Gasteiger partial charge is 0.209 e. The highest BCUT2D eigenvalue weighted by Crippen LogP contribution is 2.46. The number of likely N-dealkylation sites (N-methyl/N-ethyl adjacent to an activating group) is 1. The minimum absolute atomic E-state index is 0.00972. The van der Waals surface area contributed by atoms with Crippen molar-refractivity contribution in [2.24, 2.45) is 0 Å². The molecule has 0 unspecified atom stereocenters. The molecule has 2 heterocycles. The summed E-state index contributed by atoms with van der Waals surface area (Å²) in [7, 11) is 4.31. The van der Waals surface area contributed by atoms with Crippen molar-refractivity contribution >= 4 is 28.7 Å². The lowest BCUT2D eigenvalue weighted by Gasteiger charge is -2.23. The highest BCUT2D eigenvalue weighted by molar-refractivity contribution is 6.33. The van der Waals surface area contributed by atoms with E-state index in [-0.39, 0.29) is 10.8 Å². The van der Waals surface area contributed by atoms with Crippen LogP contribution in [0.25, 0.3) is 0 Å². The highest BCUT2D eigenvalue weighted by Gasteiger charge is 2.42. The molecule has 0 aromatic heterocycles. The minimum Gasteiger partial charge on any atom is -0.347 e. The topological polar surface area (TPSA) is 6.25 Å². The molecule has 2 aliphatic heterocycles. The van der Waals surface area contributed by atoms with Crippen LogP contribution in [0.3, 0.4) is 0 Å². The second-order valence-corrected chi connectivity index (χ2v) is 11.5. The Balaban J connectivity index is 1.34. The van der Waals surface area contributed by atoms with Crippen molar-refractivity contribution in [2.75, 3.05) is 19.0 Å². The zero-order valence-electron chi connectivity index (χ0n) is 22.3. The molecule has 0 radical (unpaired) electrons. The lowest BCUT2D eigenvalue weighted by molar-refractivity contribution is -0.401. The quantitative estimate of drug-likeness (QED) is 0.386. The van der Waals surface area contributed by atoms with Gasteiger partial charge in [-0.25, -0.2) is 0 Å². The molecule has 2 nitrogen and oxygen atoms in total. The maximum absolute atomic E-state index is 6.84. The summed E-state index contributed by atoms with van der Waals surface area (Å²) in [6, 6.07) is 17.3. The van der Waals surface area contributed by atoms with E-state index in [4.69, 9.17) is 11.6 Å². The molecule has 0 amide bonds. The van der Waals surface area contributed by atoms with Gasteiger partial charge in [-0.2, -0.15) is 4.58 Å². The van der Waals surface area contributed by atoms with Gasteiger partial charge in [-0.1, -0.05) is 86.2 Å². The summed E-state index contributed by atoms with van der Waals surface area (Å²) in [6.07, 6.45) is 15.1. The molecule has 3 aliphatic rings. The van der Waals surface area contributed by atoms with Crippen molar-refractivity contribution in [3.63, 3.8) is 0 Å². The van der Waals surface area contributed by atoms with Crippen LogP contribution >= 0.6 is 11.6 Å². The van der Waals surface area contributed by atoms with Gasteiger partial charge in [0.15, 0.2) is 5.71 Å². The first-order valence-electron chi connectivity index (χ1n) is 12.8. The van der Waals surface area contributed by atoms with E-state index in [0.717, 1.165) is 17.9 Å². The van der Waals surface area contributed by atoms with Crippen LogP contribution in [0.2, 0.25) is 0 Å². The third kappa shape index (κ3) is 3.92. The number of rotatable bonds is 4. The Hall–Kier alpha value is -3.10. The second kappa shape index (κ2) is 9.09. The van der Waals surface area contributed by atoms with E-state index in [0.29, 0.717) is 0 Å². The molecule has 3 heteroatoms. The fourth-order valence-corrected chi connectivity index (χ4v) is 6.42. The number of hydrogen-bond acceptors (Lipinski definition) is 1. The number of para-hydroxylation sites is 2. The molecule has 0 saturated heterocycles. The van der Waals surface area contributed by atoms with Crippen LogP contribution in [0.1, 0.15) is 51.7 Å². The van der Waals surface area contributed by atoms with E-state index in [2.05, 4.69) is 136 Å². The van der Waals surface area contributed by atoms with E-state index in [1.54, 1.807) is 0 Å². The van der Waals surface area contributed by atoms with Gasteiger partial charge in [-0.3, -0.25) is 0 Å². The number of halogens is 1. The van der Waals surface area contributed by atoms with Gasteiger partial charge in [0.05, 0.1) is 5.41 Å². The van der Waals surface area contributed by atoms with Crippen LogP contribution in [0.15, 0.2) is 107 Å². The zero-order chi connectivity index (χ0) is 25.7. The van der Waals surface area contributed by atoms with E-state index >= 15 is 0 Å². The first kappa shape index (κ1) is 24.6. The monoisotopic (exact) mass is 495 g/mol. The maximum Gasteiger partial charge on any atom is 0.209 e. The molecule has 0 saturated carbocycles. The SMILES string of the molecule is CN1/C(=C/C=C/C=C2\CCC(/C=C/C3=[N+](C)c4ccccc4C3(C)C)=C2Cl)C(C)(C)c2ccccc21. The molecule has 184 valence electrons. The summed E-state index contributed by atoms with van der Waals surface area (Å²) in [4.78, 5) is 2.30. The fourth-order valence-electron chi connectivity index (χ4n) is 6.11. The van der Waals surface area contributed by atoms with Crippen LogP contribution in [0, 0.1) is 0 Å². The van der Waals surface area contributed by atoms with Crippen molar-refractivity contribution in [1.82, 2.24) is 0 Å². The summed E-state index contributed by atoms with van der Waals surface area (Å²) in [5, 5.41) is 0.894. The molecule has 5 rings (SSSR count). The van der Waals surface area contributed by atoms with E-state index < -0.39 is 0 Å². The molecule has 0 spiro atoms. The van der Waals surface area contributed by atoms with Gasteiger partial charge in [0.25, 0.3) is 0 Å². The Labute approximate surface area is 221 Å². The predicted molar refractivity (Wildman–Crippen MR) is 155 cm³/mol. The lowest BCUT2D eigenvalue weighted by atomic mass is 9.81. The summed E-state index contributed by atoms with van der Waals surface area (Å²) in [6.45, 7) is 9.18.